The quantitative estimate of drug-likeness (QED) is 0.267. The van der Waals surface area contributed by atoms with Crippen molar-refractivity contribution < 1.29 is 9.59 Å². The molecule has 6 nitrogen and oxygen atoms in total. The van der Waals surface area contributed by atoms with Gasteiger partial charge in [0.15, 0.2) is 0 Å². The SMILES string of the molecule is CC1=CN(c2ccccc2)C(=O)CC1.CC1=CNC(=O)CC1.Cc1ccc(=O)n(-c2ccccc2)c1.Cc1ccccc1. The maximum absolute atomic E-state index is 11.6. The molecule has 0 spiro atoms. The van der Waals surface area contributed by atoms with Gasteiger partial charge in [-0.3, -0.25) is 23.9 Å². The Hall–Kier alpha value is -4.97. The van der Waals surface area contributed by atoms with Crippen LogP contribution in [0.3, 0.4) is 0 Å². The molecule has 0 radical (unpaired) electrons. The highest BCUT2D eigenvalue weighted by Gasteiger charge is 2.17. The summed E-state index contributed by atoms with van der Waals surface area (Å²) >= 11 is 0. The number of amides is 2. The molecule has 222 valence electrons. The van der Waals surface area contributed by atoms with Crippen LogP contribution in [0.4, 0.5) is 5.69 Å². The van der Waals surface area contributed by atoms with E-state index in [1.165, 1.54) is 16.7 Å². The van der Waals surface area contributed by atoms with Crippen LogP contribution >= 0.6 is 0 Å². The molecular formula is C37H41N3O3. The normalized spacial score (nSPS) is 13.8. The zero-order valence-electron chi connectivity index (χ0n) is 25.5. The van der Waals surface area contributed by atoms with Gasteiger partial charge in [0.05, 0.1) is 0 Å². The lowest BCUT2D eigenvalue weighted by atomic mass is 10.1. The number of pyridine rings is 1. The zero-order valence-corrected chi connectivity index (χ0v) is 25.5. The molecule has 4 aromatic rings. The molecule has 43 heavy (non-hydrogen) atoms. The highest BCUT2D eigenvalue weighted by atomic mass is 16.2. The molecule has 3 heterocycles. The van der Waals surface area contributed by atoms with E-state index in [2.05, 4.69) is 31.3 Å². The van der Waals surface area contributed by atoms with Gasteiger partial charge in [-0.2, -0.15) is 0 Å². The Bertz CT molecular complexity index is 1570. The highest BCUT2D eigenvalue weighted by molar-refractivity contribution is 5.96. The number of aryl methyl sites for hydroxylation is 2. The Labute approximate surface area is 255 Å². The average molecular weight is 576 g/mol. The first-order valence-electron chi connectivity index (χ1n) is 14.5. The molecule has 0 saturated heterocycles. The molecule has 0 unspecified atom stereocenters. The van der Waals surface area contributed by atoms with Gasteiger partial charge in [0.25, 0.3) is 5.56 Å². The molecule has 0 bridgehead atoms. The Balaban J connectivity index is 0.000000164. The van der Waals surface area contributed by atoms with Crippen LogP contribution < -0.4 is 15.8 Å². The Morgan fingerprint density at radius 3 is 1.63 bits per heavy atom. The number of carbonyl (C=O) groups excluding carboxylic acids is 2. The molecule has 1 aromatic heterocycles. The number of nitrogens with zero attached hydrogens (tertiary/aromatic N) is 2. The molecule has 0 atom stereocenters. The van der Waals surface area contributed by atoms with Crippen molar-refractivity contribution in [3.63, 3.8) is 0 Å². The molecule has 1 N–H and O–H groups in total. The minimum absolute atomic E-state index is 0.00167. The first-order valence-corrected chi connectivity index (χ1v) is 14.5. The number of hydrogen-bond acceptors (Lipinski definition) is 3. The molecule has 2 amide bonds. The van der Waals surface area contributed by atoms with Crippen LogP contribution in [0.5, 0.6) is 0 Å². The first kappa shape index (κ1) is 32.5. The molecule has 0 saturated carbocycles. The van der Waals surface area contributed by atoms with E-state index in [9.17, 15) is 14.4 Å². The highest BCUT2D eigenvalue weighted by Crippen LogP contribution is 2.22. The van der Waals surface area contributed by atoms with Gasteiger partial charge in [0.1, 0.15) is 0 Å². The van der Waals surface area contributed by atoms with Gasteiger partial charge >= 0.3 is 0 Å². The van der Waals surface area contributed by atoms with Crippen molar-refractivity contribution in [2.75, 3.05) is 4.90 Å². The van der Waals surface area contributed by atoms with E-state index >= 15 is 0 Å². The first-order chi connectivity index (χ1) is 20.7. The third-order valence-electron chi connectivity index (χ3n) is 6.65. The number of hydrogen-bond donors (Lipinski definition) is 1. The fraction of sp³-hybridized carbons (Fsp3) is 0.216. The summed E-state index contributed by atoms with van der Waals surface area (Å²) in [6.07, 6.45) is 8.64. The predicted octanol–water partition coefficient (Wildman–Crippen LogP) is 7.66. The Morgan fingerprint density at radius 2 is 1.12 bits per heavy atom. The van der Waals surface area contributed by atoms with Gasteiger partial charge in [0, 0.05) is 48.9 Å². The van der Waals surface area contributed by atoms with Crippen LogP contribution in [0, 0.1) is 13.8 Å². The van der Waals surface area contributed by atoms with E-state index in [0.717, 1.165) is 29.8 Å². The Morgan fingerprint density at radius 1 is 0.558 bits per heavy atom. The molecule has 0 fully saturated rings. The summed E-state index contributed by atoms with van der Waals surface area (Å²) < 4.78 is 1.65. The average Bonchev–Trinajstić information content (AvgIpc) is 3.03. The van der Waals surface area contributed by atoms with Gasteiger partial charge in [-0.15, -0.1) is 0 Å². The van der Waals surface area contributed by atoms with Crippen molar-refractivity contribution in [3.05, 3.63) is 154 Å². The minimum Gasteiger partial charge on any atom is -0.333 e. The van der Waals surface area contributed by atoms with Crippen LogP contribution in [0.15, 0.2) is 138 Å². The lowest BCUT2D eigenvalue weighted by Crippen LogP contribution is -2.28. The standard InChI is InChI=1S/C12H13NO.C12H11NO.C7H8.C6H9NO/c2*1-10-7-8-12(14)13(9-10)11-5-3-2-4-6-11;1-7-5-3-2-4-6-7;1-5-2-3-6(8)7-4-5/h2-6,9H,7-8H2,1H3;2-9H,1H3;2-6H,1H3;4H,2-3H2,1H3,(H,7,8). The predicted molar refractivity (Wildman–Crippen MR) is 176 cm³/mol. The lowest BCUT2D eigenvalue weighted by molar-refractivity contribution is -0.120. The van der Waals surface area contributed by atoms with Gasteiger partial charge in [-0.05, 0) is 70.4 Å². The van der Waals surface area contributed by atoms with Crippen LogP contribution in [0.1, 0.15) is 50.7 Å². The summed E-state index contributed by atoms with van der Waals surface area (Å²) in [7, 11) is 0. The molecule has 6 rings (SSSR count). The second-order valence-electron chi connectivity index (χ2n) is 10.5. The number of nitrogens with one attached hydrogen (secondary N) is 1. The summed E-state index contributed by atoms with van der Waals surface area (Å²) in [5.41, 5.74) is 6.77. The van der Waals surface area contributed by atoms with Crippen LogP contribution in [0.2, 0.25) is 0 Å². The van der Waals surface area contributed by atoms with E-state index in [1.807, 2.05) is 111 Å². The maximum Gasteiger partial charge on any atom is 0.255 e. The molecule has 3 aromatic carbocycles. The van der Waals surface area contributed by atoms with E-state index in [4.69, 9.17) is 0 Å². The lowest BCUT2D eigenvalue weighted by Gasteiger charge is -2.23. The van der Waals surface area contributed by atoms with E-state index in [0.29, 0.717) is 12.8 Å². The zero-order chi connectivity index (χ0) is 31.0. The summed E-state index contributed by atoms with van der Waals surface area (Å²) in [6.45, 7) is 8.13. The molecule has 2 aliphatic heterocycles. The van der Waals surface area contributed by atoms with E-state index in [-0.39, 0.29) is 17.4 Å². The van der Waals surface area contributed by atoms with Crippen LogP contribution in [-0.4, -0.2) is 16.4 Å². The molecular weight excluding hydrogens is 534 g/mol. The van der Waals surface area contributed by atoms with Crippen LogP contribution in [-0.2, 0) is 9.59 Å². The van der Waals surface area contributed by atoms with Gasteiger partial charge in [-0.1, -0.05) is 89.5 Å². The third kappa shape index (κ3) is 11.4. The van der Waals surface area contributed by atoms with E-state index in [1.54, 1.807) is 21.7 Å². The van der Waals surface area contributed by atoms with Crippen molar-refractivity contribution in [2.45, 2.75) is 53.4 Å². The molecule has 0 aliphatic carbocycles. The van der Waals surface area contributed by atoms with Gasteiger partial charge in [-0.25, -0.2) is 0 Å². The van der Waals surface area contributed by atoms with Crippen LogP contribution in [0.25, 0.3) is 5.69 Å². The monoisotopic (exact) mass is 575 g/mol. The fourth-order valence-corrected chi connectivity index (χ4v) is 4.17. The van der Waals surface area contributed by atoms with Crippen molar-refractivity contribution in [1.82, 2.24) is 9.88 Å². The number of allylic oxidation sites excluding steroid dienone is 2. The summed E-state index contributed by atoms with van der Waals surface area (Å²) in [5.74, 6) is 0.317. The van der Waals surface area contributed by atoms with E-state index < -0.39 is 0 Å². The van der Waals surface area contributed by atoms with Gasteiger partial charge in [0.2, 0.25) is 11.8 Å². The topological polar surface area (TPSA) is 71.4 Å². The smallest absolute Gasteiger partial charge is 0.255 e. The van der Waals surface area contributed by atoms with Crippen molar-refractivity contribution in [3.8, 4) is 5.69 Å². The molecule has 2 aliphatic rings. The summed E-state index contributed by atoms with van der Waals surface area (Å²) in [4.78, 5) is 35.3. The van der Waals surface area contributed by atoms with Crippen molar-refractivity contribution in [1.29, 1.82) is 0 Å². The Kier molecular flexibility index (Phi) is 12.9. The van der Waals surface area contributed by atoms with Crippen molar-refractivity contribution >= 4 is 17.5 Å². The number of benzene rings is 3. The third-order valence-corrected chi connectivity index (χ3v) is 6.65. The number of carbonyl (C=O) groups is 2. The minimum atomic E-state index is 0.00167. The second-order valence-corrected chi connectivity index (χ2v) is 10.5. The fourth-order valence-electron chi connectivity index (χ4n) is 4.17. The largest absolute Gasteiger partial charge is 0.333 e. The van der Waals surface area contributed by atoms with Crippen molar-refractivity contribution in [2.24, 2.45) is 0 Å². The number of rotatable bonds is 2. The summed E-state index contributed by atoms with van der Waals surface area (Å²) in [5, 5.41) is 2.63. The number of anilines is 1. The summed E-state index contributed by atoms with van der Waals surface area (Å²) in [6, 6.07) is 33.0. The maximum atomic E-state index is 11.6. The number of aromatic nitrogens is 1. The molecule has 6 heteroatoms. The second kappa shape index (κ2) is 17.1. The van der Waals surface area contributed by atoms with Gasteiger partial charge < -0.3 is 5.32 Å². The number of para-hydroxylation sites is 2.